The smallest absolute Gasteiger partial charge is 0.119 e. The van der Waals surface area contributed by atoms with Crippen LogP contribution in [-0.2, 0) is 0 Å². The lowest BCUT2D eigenvalue weighted by Gasteiger charge is -2.05. The van der Waals surface area contributed by atoms with Gasteiger partial charge in [-0.2, -0.15) is 0 Å². The van der Waals surface area contributed by atoms with Crippen molar-refractivity contribution >= 4 is 11.8 Å². The van der Waals surface area contributed by atoms with Crippen molar-refractivity contribution < 1.29 is 4.74 Å². The molecular weight excluding hydrogens is 184 g/mol. The van der Waals surface area contributed by atoms with E-state index in [-0.39, 0.29) is 0 Å². The Labute approximate surface area is 82.6 Å². The molecule has 0 fully saturated rings. The molecule has 13 heavy (non-hydrogen) atoms. The highest BCUT2D eigenvalue weighted by Crippen LogP contribution is 2.18. The van der Waals surface area contributed by atoms with Crippen LogP contribution in [0.4, 0.5) is 0 Å². The Hall–Kier alpha value is -0.710. The van der Waals surface area contributed by atoms with Crippen LogP contribution in [-0.4, -0.2) is 19.4 Å². The second kappa shape index (κ2) is 5.85. The summed E-state index contributed by atoms with van der Waals surface area (Å²) < 4.78 is 5.39. The zero-order chi connectivity index (χ0) is 9.52. The van der Waals surface area contributed by atoms with Crippen LogP contribution in [0.3, 0.4) is 0 Å². The summed E-state index contributed by atoms with van der Waals surface area (Å²) in [5, 5.41) is 0. The Balaban J connectivity index is 2.40. The van der Waals surface area contributed by atoms with Gasteiger partial charge in [0.1, 0.15) is 12.4 Å². The average molecular weight is 198 g/mol. The molecule has 0 saturated carbocycles. The van der Waals surface area contributed by atoms with Crippen LogP contribution in [0.2, 0.25) is 0 Å². The average Bonchev–Trinajstić information content (AvgIpc) is 2.19. The van der Waals surface area contributed by atoms with Gasteiger partial charge in [0.15, 0.2) is 0 Å². The molecule has 0 saturated heterocycles. The molecule has 0 bridgehead atoms. The molecule has 3 N–H and O–H groups in total. The predicted molar refractivity (Wildman–Crippen MR) is 55.9 cm³/mol. The van der Waals surface area contributed by atoms with Gasteiger partial charge in [-0.25, -0.2) is 0 Å². The van der Waals surface area contributed by atoms with Crippen molar-refractivity contribution in [2.75, 3.05) is 19.4 Å². The van der Waals surface area contributed by atoms with Gasteiger partial charge < -0.3 is 4.74 Å². The van der Waals surface area contributed by atoms with Gasteiger partial charge in [0.25, 0.3) is 0 Å². The highest BCUT2D eigenvalue weighted by atomic mass is 32.2. The van der Waals surface area contributed by atoms with Crippen LogP contribution in [0.25, 0.3) is 0 Å². The minimum atomic E-state index is 0.592. The first-order valence-electron chi connectivity index (χ1n) is 4.07. The first kappa shape index (κ1) is 10.4. The van der Waals surface area contributed by atoms with E-state index < -0.39 is 0 Å². The molecule has 1 aromatic carbocycles. The Morgan fingerprint density at radius 2 is 2.08 bits per heavy atom. The lowest BCUT2D eigenvalue weighted by atomic mass is 10.3. The molecule has 0 radical (unpaired) electrons. The van der Waals surface area contributed by atoms with E-state index in [0.29, 0.717) is 13.2 Å². The SMILES string of the molecule is CSc1ccc(OCCNN)cc1. The molecule has 72 valence electrons. The summed E-state index contributed by atoms with van der Waals surface area (Å²) in [6.45, 7) is 1.25. The van der Waals surface area contributed by atoms with Crippen LogP contribution < -0.4 is 16.0 Å². The summed E-state index contributed by atoms with van der Waals surface area (Å²) in [6.07, 6.45) is 2.05. The largest absolute Gasteiger partial charge is 0.492 e. The fourth-order valence-corrected chi connectivity index (χ4v) is 1.31. The minimum Gasteiger partial charge on any atom is -0.492 e. The third-order valence-electron chi connectivity index (χ3n) is 1.57. The summed E-state index contributed by atoms with van der Waals surface area (Å²) in [6, 6.07) is 8.00. The Bertz CT molecular complexity index is 238. The summed E-state index contributed by atoms with van der Waals surface area (Å²) in [5.41, 5.74) is 2.53. The third-order valence-corrected chi connectivity index (χ3v) is 2.32. The van der Waals surface area contributed by atoms with E-state index >= 15 is 0 Å². The summed E-state index contributed by atoms with van der Waals surface area (Å²) >= 11 is 1.72. The molecule has 0 aromatic heterocycles. The molecule has 3 nitrogen and oxygen atoms in total. The third kappa shape index (κ3) is 3.67. The van der Waals surface area contributed by atoms with Crippen molar-refractivity contribution in [2.45, 2.75) is 4.90 Å². The molecule has 0 aliphatic rings. The molecule has 4 heteroatoms. The predicted octanol–water partition coefficient (Wildman–Crippen LogP) is 1.25. The number of hydrogen-bond donors (Lipinski definition) is 2. The number of benzene rings is 1. The van der Waals surface area contributed by atoms with Crippen molar-refractivity contribution in [2.24, 2.45) is 5.84 Å². The zero-order valence-corrected chi connectivity index (χ0v) is 8.43. The first-order chi connectivity index (χ1) is 6.36. The maximum atomic E-state index is 5.39. The lowest BCUT2D eigenvalue weighted by molar-refractivity contribution is 0.315. The van der Waals surface area contributed by atoms with Gasteiger partial charge >= 0.3 is 0 Å². The second-order valence-electron chi connectivity index (χ2n) is 2.48. The fraction of sp³-hybridized carbons (Fsp3) is 0.333. The van der Waals surface area contributed by atoms with Gasteiger partial charge in [-0.1, -0.05) is 0 Å². The summed E-state index contributed by atoms with van der Waals surface area (Å²) in [7, 11) is 0. The van der Waals surface area contributed by atoms with Gasteiger partial charge in [-0.05, 0) is 30.5 Å². The molecule has 0 spiro atoms. The van der Waals surface area contributed by atoms with Crippen molar-refractivity contribution in [3.05, 3.63) is 24.3 Å². The number of hydrogen-bond acceptors (Lipinski definition) is 4. The standard InChI is InChI=1S/C9H14N2OS/c1-13-9-4-2-8(3-5-9)12-7-6-11-10/h2-5,11H,6-7,10H2,1H3. The number of hydrazine groups is 1. The van der Waals surface area contributed by atoms with Crippen LogP contribution >= 0.6 is 11.8 Å². The van der Waals surface area contributed by atoms with Gasteiger partial charge in [0.2, 0.25) is 0 Å². The molecule has 1 rings (SSSR count). The van der Waals surface area contributed by atoms with E-state index in [0.717, 1.165) is 5.75 Å². The first-order valence-corrected chi connectivity index (χ1v) is 5.29. The van der Waals surface area contributed by atoms with E-state index in [1.165, 1.54) is 4.90 Å². The zero-order valence-electron chi connectivity index (χ0n) is 7.62. The number of ether oxygens (including phenoxy) is 1. The molecule has 0 amide bonds. The summed E-state index contributed by atoms with van der Waals surface area (Å²) in [5.74, 6) is 5.99. The highest BCUT2D eigenvalue weighted by molar-refractivity contribution is 7.98. The summed E-state index contributed by atoms with van der Waals surface area (Å²) in [4.78, 5) is 1.24. The Kier molecular flexibility index (Phi) is 4.67. The lowest BCUT2D eigenvalue weighted by Crippen LogP contribution is -2.27. The van der Waals surface area contributed by atoms with E-state index in [9.17, 15) is 0 Å². The maximum absolute atomic E-state index is 5.39. The van der Waals surface area contributed by atoms with E-state index in [2.05, 4.69) is 5.43 Å². The van der Waals surface area contributed by atoms with Gasteiger partial charge in [-0.15, -0.1) is 11.8 Å². The molecule has 0 aliphatic carbocycles. The number of thioether (sulfide) groups is 1. The van der Waals surface area contributed by atoms with Gasteiger partial charge in [0.05, 0.1) is 0 Å². The van der Waals surface area contributed by atoms with Crippen molar-refractivity contribution in [3.63, 3.8) is 0 Å². The maximum Gasteiger partial charge on any atom is 0.119 e. The van der Waals surface area contributed by atoms with Crippen LogP contribution in [0, 0.1) is 0 Å². The van der Waals surface area contributed by atoms with E-state index in [4.69, 9.17) is 10.6 Å². The Morgan fingerprint density at radius 1 is 1.38 bits per heavy atom. The highest BCUT2D eigenvalue weighted by Gasteiger charge is 1.93. The fourth-order valence-electron chi connectivity index (χ4n) is 0.900. The van der Waals surface area contributed by atoms with Crippen LogP contribution in [0.15, 0.2) is 29.2 Å². The second-order valence-corrected chi connectivity index (χ2v) is 3.36. The van der Waals surface area contributed by atoms with Crippen molar-refractivity contribution in [3.8, 4) is 5.75 Å². The van der Waals surface area contributed by atoms with Crippen LogP contribution in [0.1, 0.15) is 0 Å². The van der Waals surface area contributed by atoms with Gasteiger partial charge in [-0.3, -0.25) is 11.3 Å². The van der Waals surface area contributed by atoms with E-state index in [1.54, 1.807) is 11.8 Å². The molecule has 0 unspecified atom stereocenters. The number of rotatable bonds is 5. The molecule has 0 heterocycles. The number of nitrogens with two attached hydrogens (primary N) is 1. The quantitative estimate of drug-likeness (QED) is 0.323. The molecule has 0 atom stereocenters. The monoisotopic (exact) mass is 198 g/mol. The topological polar surface area (TPSA) is 47.3 Å². The molecule has 1 aromatic rings. The van der Waals surface area contributed by atoms with Crippen molar-refractivity contribution in [1.82, 2.24) is 5.43 Å². The normalized spacial score (nSPS) is 10.0. The van der Waals surface area contributed by atoms with Crippen molar-refractivity contribution in [1.29, 1.82) is 0 Å². The Morgan fingerprint density at radius 3 is 2.62 bits per heavy atom. The van der Waals surface area contributed by atoms with E-state index in [1.807, 2.05) is 30.5 Å². The minimum absolute atomic E-state index is 0.592. The van der Waals surface area contributed by atoms with Gasteiger partial charge in [0, 0.05) is 11.4 Å². The number of nitrogens with one attached hydrogen (secondary N) is 1. The molecular formula is C9H14N2OS. The molecule has 0 aliphatic heterocycles. The van der Waals surface area contributed by atoms with Crippen LogP contribution in [0.5, 0.6) is 5.75 Å².